The quantitative estimate of drug-likeness (QED) is 0.828. The molecule has 1 spiro atoms. The summed E-state index contributed by atoms with van der Waals surface area (Å²) in [5.41, 5.74) is 2.00. The average Bonchev–Trinajstić information content (AvgIpc) is 3.07. The van der Waals surface area contributed by atoms with Gasteiger partial charge in [0.15, 0.2) is 0 Å². The fraction of sp³-hybridized carbons (Fsp3) is 0.588. The van der Waals surface area contributed by atoms with Gasteiger partial charge in [0.25, 0.3) is 0 Å². The Bertz CT molecular complexity index is 517. The molecule has 3 nitrogen and oxygen atoms in total. The predicted octanol–water partition coefficient (Wildman–Crippen LogP) is 3.20. The third kappa shape index (κ3) is 2.41. The van der Waals surface area contributed by atoms with E-state index in [0.717, 1.165) is 31.7 Å². The Labute approximate surface area is 121 Å². The van der Waals surface area contributed by atoms with Crippen LogP contribution in [0.2, 0.25) is 0 Å². The van der Waals surface area contributed by atoms with Gasteiger partial charge in [-0.2, -0.15) is 5.26 Å². The van der Waals surface area contributed by atoms with Crippen molar-refractivity contribution in [3.05, 3.63) is 29.8 Å². The lowest BCUT2D eigenvalue weighted by atomic mass is 9.87. The summed E-state index contributed by atoms with van der Waals surface area (Å²) in [5, 5.41) is 8.86. The van der Waals surface area contributed by atoms with Gasteiger partial charge in [0.2, 0.25) is 0 Å². The van der Waals surface area contributed by atoms with Crippen LogP contribution in [0.1, 0.15) is 32.3 Å². The van der Waals surface area contributed by atoms with Gasteiger partial charge in [-0.1, -0.05) is 13.8 Å². The maximum atomic E-state index is 8.86. The van der Waals surface area contributed by atoms with E-state index in [1.165, 1.54) is 12.1 Å². The van der Waals surface area contributed by atoms with Crippen molar-refractivity contribution in [1.29, 1.82) is 5.26 Å². The molecule has 1 aromatic carbocycles. The first kappa shape index (κ1) is 13.5. The second-order valence-electron chi connectivity index (χ2n) is 6.53. The van der Waals surface area contributed by atoms with Crippen LogP contribution in [0, 0.1) is 23.2 Å². The molecule has 2 atom stereocenters. The normalized spacial score (nSPS) is 29.3. The van der Waals surface area contributed by atoms with E-state index < -0.39 is 0 Å². The maximum absolute atomic E-state index is 8.86. The van der Waals surface area contributed by atoms with Crippen LogP contribution in [0.25, 0.3) is 0 Å². The van der Waals surface area contributed by atoms with E-state index in [2.05, 4.69) is 24.8 Å². The molecule has 20 heavy (non-hydrogen) atoms. The number of anilines is 1. The fourth-order valence-electron chi connectivity index (χ4n) is 3.40. The molecule has 0 unspecified atom stereocenters. The van der Waals surface area contributed by atoms with E-state index in [1.54, 1.807) is 0 Å². The molecule has 2 saturated heterocycles. The lowest BCUT2D eigenvalue weighted by Crippen LogP contribution is -2.32. The highest BCUT2D eigenvalue weighted by molar-refractivity contribution is 5.51. The van der Waals surface area contributed by atoms with Gasteiger partial charge in [0.1, 0.15) is 0 Å². The molecular weight excluding hydrogens is 248 g/mol. The van der Waals surface area contributed by atoms with Gasteiger partial charge in [-0.05, 0) is 48.9 Å². The van der Waals surface area contributed by atoms with Gasteiger partial charge >= 0.3 is 0 Å². The molecule has 106 valence electrons. The van der Waals surface area contributed by atoms with Crippen molar-refractivity contribution in [2.24, 2.45) is 11.8 Å². The summed E-state index contributed by atoms with van der Waals surface area (Å²) >= 11 is 0. The Morgan fingerprint density at radius 3 is 2.70 bits per heavy atom. The minimum atomic E-state index is 0.0723. The van der Waals surface area contributed by atoms with Crippen LogP contribution in [-0.2, 0) is 4.74 Å². The third-order valence-electron chi connectivity index (χ3n) is 4.86. The Morgan fingerprint density at radius 2 is 2.10 bits per heavy atom. The van der Waals surface area contributed by atoms with Crippen molar-refractivity contribution in [1.82, 2.24) is 0 Å². The molecule has 2 aliphatic rings. The molecular formula is C17H22N2O. The van der Waals surface area contributed by atoms with E-state index in [1.807, 2.05) is 24.3 Å². The minimum absolute atomic E-state index is 0.0723. The zero-order valence-corrected chi connectivity index (χ0v) is 12.3. The molecule has 0 aromatic heterocycles. The molecule has 0 N–H and O–H groups in total. The molecule has 2 fully saturated rings. The monoisotopic (exact) mass is 270 g/mol. The number of benzene rings is 1. The summed E-state index contributed by atoms with van der Waals surface area (Å²) in [6.07, 6.45) is 2.31. The number of rotatable bonds is 2. The maximum Gasteiger partial charge on any atom is 0.0991 e. The first-order valence-corrected chi connectivity index (χ1v) is 7.51. The number of hydrogen-bond donors (Lipinski definition) is 0. The van der Waals surface area contributed by atoms with Crippen LogP contribution in [0.4, 0.5) is 5.69 Å². The van der Waals surface area contributed by atoms with E-state index in [-0.39, 0.29) is 5.60 Å². The summed E-state index contributed by atoms with van der Waals surface area (Å²) in [7, 11) is 0. The first-order chi connectivity index (χ1) is 9.62. The number of ether oxygens (including phenoxy) is 1. The predicted molar refractivity (Wildman–Crippen MR) is 79.6 cm³/mol. The van der Waals surface area contributed by atoms with E-state index in [0.29, 0.717) is 11.8 Å². The van der Waals surface area contributed by atoms with Crippen molar-refractivity contribution >= 4 is 5.69 Å². The largest absolute Gasteiger partial charge is 0.373 e. The van der Waals surface area contributed by atoms with Crippen molar-refractivity contribution < 1.29 is 4.74 Å². The Hall–Kier alpha value is -1.53. The van der Waals surface area contributed by atoms with Gasteiger partial charge in [0.05, 0.1) is 23.8 Å². The van der Waals surface area contributed by atoms with Gasteiger partial charge in [-0.15, -0.1) is 0 Å². The number of nitriles is 1. The summed E-state index contributed by atoms with van der Waals surface area (Å²) in [5.74, 6) is 1.41. The molecule has 2 heterocycles. The van der Waals surface area contributed by atoms with Gasteiger partial charge < -0.3 is 9.64 Å². The second kappa shape index (κ2) is 5.10. The van der Waals surface area contributed by atoms with Crippen molar-refractivity contribution in [2.45, 2.75) is 32.3 Å². The Kier molecular flexibility index (Phi) is 3.43. The molecule has 3 heteroatoms. The van der Waals surface area contributed by atoms with Gasteiger partial charge in [-0.25, -0.2) is 0 Å². The minimum Gasteiger partial charge on any atom is -0.373 e. The van der Waals surface area contributed by atoms with E-state index >= 15 is 0 Å². The summed E-state index contributed by atoms with van der Waals surface area (Å²) in [6, 6.07) is 10.1. The highest BCUT2D eigenvalue weighted by atomic mass is 16.5. The fourth-order valence-corrected chi connectivity index (χ4v) is 3.40. The van der Waals surface area contributed by atoms with Crippen LogP contribution >= 0.6 is 0 Å². The van der Waals surface area contributed by atoms with Crippen LogP contribution < -0.4 is 4.90 Å². The lowest BCUT2D eigenvalue weighted by Gasteiger charge is -2.25. The van der Waals surface area contributed by atoms with Crippen LogP contribution in [0.15, 0.2) is 24.3 Å². The molecule has 0 bridgehead atoms. The van der Waals surface area contributed by atoms with Crippen LogP contribution in [-0.4, -0.2) is 25.3 Å². The summed E-state index contributed by atoms with van der Waals surface area (Å²) in [4.78, 5) is 2.39. The third-order valence-corrected chi connectivity index (χ3v) is 4.86. The summed E-state index contributed by atoms with van der Waals surface area (Å²) < 4.78 is 6.18. The zero-order chi connectivity index (χ0) is 14.2. The molecule has 1 aromatic rings. The zero-order valence-electron chi connectivity index (χ0n) is 12.3. The summed E-state index contributed by atoms with van der Waals surface area (Å²) in [6.45, 7) is 7.54. The highest BCUT2D eigenvalue weighted by Crippen LogP contribution is 2.41. The van der Waals surface area contributed by atoms with Gasteiger partial charge in [0, 0.05) is 18.8 Å². The van der Waals surface area contributed by atoms with Crippen molar-refractivity contribution in [2.75, 3.05) is 24.6 Å². The average molecular weight is 270 g/mol. The standard InChI is InChI=1S/C17H22N2O/c1-13(2)15-9-17(20-11-15)7-8-19(12-17)16-5-3-14(10-18)4-6-16/h3-6,13,15H,7-9,11-12H2,1-2H3/t15-,17-/m0/s1. The second-order valence-corrected chi connectivity index (χ2v) is 6.53. The first-order valence-electron chi connectivity index (χ1n) is 7.51. The molecule has 0 amide bonds. The van der Waals surface area contributed by atoms with Gasteiger partial charge in [-0.3, -0.25) is 0 Å². The molecule has 3 rings (SSSR count). The SMILES string of the molecule is CC(C)[C@@H]1CO[C@@]2(CCN(c3ccc(C#N)cc3)C2)C1. The number of hydrogen-bond acceptors (Lipinski definition) is 3. The molecule has 2 aliphatic heterocycles. The van der Waals surface area contributed by atoms with Crippen molar-refractivity contribution in [3.8, 4) is 6.07 Å². The molecule has 0 radical (unpaired) electrons. The van der Waals surface area contributed by atoms with E-state index in [9.17, 15) is 0 Å². The van der Waals surface area contributed by atoms with E-state index in [4.69, 9.17) is 10.00 Å². The molecule has 0 aliphatic carbocycles. The lowest BCUT2D eigenvalue weighted by molar-refractivity contribution is 0.0212. The topological polar surface area (TPSA) is 36.3 Å². The van der Waals surface area contributed by atoms with Crippen LogP contribution in [0.5, 0.6) is 0 Å². The van der Waals surface area contributed by atoms with Crippen molar-refractivity contribution in [3.63, 3.8) is 0 Å². The Morgan fingerprint density at radius 1 is 1.35 bits per heavy atom. The molecule has 0 saturated carbocycles. The number of nitrogens with zero attached hydrogens (tertiary/aromatic N) is 2. The Balaban J connectivity index is 1.69. The highest BCUT2D eigenvalue weighted by Gasteiger charge is 2.46. The smallest absolute Gasteiger partial charge is 0.0991 e. The van der Waals surface area contributed by atoms with Crippen LogP contribution in [0.3, 0.4) is 0 Å².